The van der Waals surface area contributed by atoms with Gasteiger partial charge in [0.25, 0.3) is 0 Å². The van der Waals surface area contributed by atoms with Crippen LogP contribution in [-0.2, 0) is 16.0 Å². The fourth-order valence-electron chi connectivity index (χ4n) is 3.11. The normalized spacial score (nSPS) is 13.4. The fourth-order valence-corrected chi connectivity index (χ4v) is 3.48. The highest BCUT2D eigenvalue weighted by Crippen LogP contribution is 2.29. The molecule has 2 amide bonds. The molecule has 1 heterocycles. The standard InChI is InChI=1S/C19H19ClN2O2/c1-12-10-13(2)17(15(20)11-12)21-18(23)19(24)22-9-5-7-14-6-3-4-8-16(14)22/h3-4,6,8,10-11H,5,7,9H2,1-2H3,(H,21,23). The number of aryl methyl sites for hydroxylation is 3. The Bertz CT molecular complexity index is 794. The first-order chi connectivity index (χ1) is 11.5. The van der Waals surface area contributed by atoms with Crippen molar-refractivity contribution in [3.05, 3.63) is 58.1 Å². The van der Waals surface area contributed by atoms with E-state index in [0.29, 0.717) is 17.3 Å². The van der Waals surface area contributed by atoms with Gasteiger partial charge in [0, 0.05) is 12.2 Å². The smallest absolute Gasteiger partial charge is 0.316 e. The van der Waals surface area contributed by atoms with E-state index >= 15 is 0 Å². The molecule has 0 unspecified atom stereocenters. The molecule has 0 aromatic heterocycles. The third-order valence-electron chi connectivity index (χ3n) is 4.22. The van der Waals surface area contributed by atoms with Gasteiger partial charge in [-0.2, -0.15) is 0 Å². The molecule has 3 rings (SSSR count). The Kier molecular flexibility index (Phi) is 4.58. The molecule has 0 spiro atoms. The Morgan fingerprint density at radius 3 is 2.67 bits per heavy atom. The van der Waals surface area contributed by atoms with Gasteiger partial charge in [-0.05, 0) is 55.5 Å². The molecule has 0 saturated heterocycles. The van der Waals surface area contributed by atoms with Crippen molar-refractivity contribution in [3.8, 4) is 0 Å². The summed E-state index contributed by atoms with van der Waals surface area (Å²) in [7, 11) is 0. The number of fused-ring (bicyclic) bond motifs is 1. The highest BCUT2D eigenvalue weighted by Gasteiger charge is 2.27. The van der Waals surface area contributed by atoms with Gasteiger partial charge in [0.05, 0.1) is 10.7 Å². The van der Waals surface area contributed by atoms with Crippen molar-refractivity contribution >= 4 is 34.8 Å². The summed E-state index contributed by atoms with van der Waals surface area (Å²) in [5.74, 6) is -1.22. The van der Waals surface area contributed by atoms with Crippen LogP contribution >= 0.6 is 11.6 Å². The predicted molar refractivity (Wildman–Crippen MR) is 96.7 cm³/mol. The van der Waals surface area contributed by atoms with E-state index in [9.17, 15) is 9.59 Å². The third kappa shape index (κ3) is 3.15. The maximum Gasteiger partial charge on any atom is 0.316 e. The van der Waals surface area contributed by atoms with E-state index in [-0.39, 0.29) is 0 Å². The lowest BCUT2D eigenvalue weighted by Gasteiger charge is -2.29. The van der Waals surface area contributed by atoms with Gasteiger partial charge in [0.15, 0.2) is 0 Å². The Hall–Kier alpha value is -2.33. The number of nitrogens with zero attached hydrogens (tertiary/aromatic N) is 1. The van der Waals surface area contributed by atoms with Crippen LogP contribution in [0, 0.1) is 13.8 Å². The molecular formula is C19H19ClN2O2. The van der Waals surface area contributed by atoms with E-state index in [4.69, 9.17) is 11.6 Å². The molecule has 0 aliphatic carbocycles. The van der Waals surface area contributed by atoms with Crippen LogP contribution in [0.5, 0.6) is 0 Å². The first-order valence-corrected chi connectivity index (χ1v) is 8.32. The van der Waals surface area contributed by atoms with Gasteiger partial charge in [0.2, 0.25) is 0 Å². The van der Waals surface area contributed by atoms with Crippen molar-refractivity contribution in [2.75, 3.05) is 16.8 Å². The van der Waals surface area contributed by atoms with Crippen LogP contribution in [-0.4, -0.2) is 18.4 Å². The summed E-state index contributed by atoms with van der Waals surface area (Å²) >= 11 is 6.21. The summed E-state index contributed by atoms with van der Waals surface area (Å²) in [5.41, 5.74) is 4.24. The Labute approximate surface area is 146 Å². The van der Waals surface area contributed by atoms with Gasteiger partial charge < -0.3 is 10.2 Å². The molecule has 4 nitrogen and oxygen atoms in total. The van der Waals surface area contributed by atoms with Gasteiger partial charge >= 0.3 is 11.8 Å². The van der Waals surface area contributed by atoms with E-state index in [1.807, 2.05) is 44.2 Å². The van der Waals surface area contributed by atoms with Crippen LogP contribution in [0.2, 0.25) is 5.02 Å². The number of carbonyl (C=O) groups excluding carboxylic acids is 2. The Balaban J connectivity index is 1.83. The zero-order valence-corrected chi connectivity index (χ0v) is 14.5. The van der Waals surface area contributed by atoms with E-state index in [2.05, 4.69) is 5.32 Å². The molecule has 5 heteroatoms. The molecule has 124 valence electrons. The second kappa shape index (κ2) is 6.65. The predicted octanol–water partition coefficient (Wildman–Crippen LogP) is 3.87. The van der Waals surface area contributed by atoms with Crippen LogP contribution in [0.4, 0.5) is 11.4 Å². The minimum Gasteiger partial charge on any atom is -0.316 e. The van der Waals surface area contributed by atoms with Gasteiger partial charge in [-0.25, -0.2) is 0 Å². The van der Waals surface area contributed by atoms with Gasteiger partial charge in [-0.3, -0.25) is 9.59 Å². The van der Waals surface area contributed by atoms with E-state index in [1.165, 1.54) is 0 Å². The number of amides is 2. The summed E-state index contributed by atoms with van der Waals surface area (Å²) in [6.45, 7) is 4.33. The lowest BCUT2D eigenvalue weighted by Crippen LogP contribution is -2.42. The van der Waals surface area contributed by atoms with Crippen molar-refractivity contribution in [1.29, 1.82) is 0 Å². The number of anilines is 2. The molecule has 2 aromatic carbocycles. The minimum atomic E-state index is -0.666. The molecule has 0 saturated carbocycles. The van der Waals surface area contributed by atoms with Crippen molar-refractivity contribution in [3.63, 3.8) is 0 Å². The highest BCUT2D eigenvalue weighted by molar-refractivity contribution is 6.45. The lowest BCUT2D eigenvalue weighted by molar-refractivity contribution is -0.134. The average Bonchev–Trinajstić information content (AvgIpc) is 2.56. The molecule has 0 atom stereocenters. The molecule has 0 fully saturated rings. The lowest BCUT2D eigenvalue weighted by atomic mass is 10.0. The molecular weight excluding hydrogens is 324 g/mol. The second-order valence-electron chi connectivity index (χ2n) is 6.08. The van der Waals surface area contributed by atoms with Crippen molar-refractivity contribution in [2.24, 2.45) is 0 Å². The first kappa shape index (κ1) is 16.5. The highest BCUT2D eigenvalue weighted by atomic mass is 35.5. The number of rotatable bonds is 1. The van der Waals surface area contributed by atoms with E-state index in [0.717, 1.165) is 35.2 Å². The van der Waals surface area contributed by atoms with Crippen LogP contribution in [0.3, 0.4) is 0 Å². The number of benzene rings is 2. The van der Waals surface area contributed by atoms with Crippen molar-refractivity contribution in [2.45, 2.75) is 26.7 Å². The topological polar surface area (TPSA) is 49.4 Å². The third-order valence-corrected chi connectivity index (χ3v) is 4.52. The van der Waals surface area contributed by atoms with Gasteiger partial charge in [-0.15, -0.1) is 0 Å². The molecule has 24 heavy (non-hydrogen) atoms. The maximum absolute atomic E-state index is 12.6. The molecule has 0 radical (unpaired) electrons. The summed E-state index contributed by atoms with van der Waals surface area (Å²) in [4.78, 5) is 26.6. The van der Waals surface area contributed by atoms with Crippen LogP contribution in [0.1, 0.15) is 23.1 Å². The fraction of sp³-hybridized carbons (Fsp3) is 0.263. The molecule has 2 aromatic rings. The summed E-state index contributed by atoms with van der Waals surface area (Å²) < 4.78 is 0. The quantitative estimate of drug-likeness (QED) is 0.800. The van der Waals surface area contributed by atoms with Crippen LogP contribution < -0.4 is 10.2 Å². The molecule has 1 aliphatic heterocycles. The number of hydrogen-bond acceptors (Lipinski definition) is 2. The van der Waals surface area contributed by atoms with Crippen molar-refractivity contribution < 1.29 is 9.59 Å². The molecule has 1 aliphatic rings. The molecule has 1 N–H and O–H groups in total. The van der Waals surface area contributed by atoms with E-state index < -0.39 is 11.8 Å². The van der Waals surface area contributed by atoms with Gasteiger partial charge in [0.1, 0.15) is 0 Å². The number of para-hydroxylation sites is 1. The largest absolute Gasteiger partial charge is 0.316 e. The summed E-state index contributed by atoms with van der Waals surface area (Å²) in [6.07, 6.45) is 1.77. The molecule has 0 bridgehead atoms. The zero-order chi connectivity index (χ0) is 17.3. The number of nitrogens with one attached hydrogen (secondary N) is 1. The monoisotopic (exact) mass is 342 g/mol. The first-order valence-electron chi connectivity index (χ1n) is 7.95. The summed E-state index contributed by atoms with van der Waals surface area (Å²) in [6, 6.07) is 11.4. The van der Waals surface area contributed by atoms with Gasteiger partial charge in [-0.1, -0.05) is 35.9 Å². The maximum atomic E-state index is 12.6. The SMILES string of the molecule is Cc1cc(C)c(NC(=O)C(=O)N2CCCc3ccccc32)c(Cl)c1. The summed E-state index contributed by atoms with van der Waals surface area (Å²) in [5, 5.41) is 3.11. The second-order valence-corrected chi connectivity index (χ2v) is 6.49. The van der Waals surface area contributed by atoms with Crippen LogP contribution in [0.25, 0.3) is 0 Å². The number of carbonyl (C=O) groups is 2. The number of halogens is 1. The Morgan fingerprint density at radius 2 is 1.92 bits per heavy atom. The Morgan fingerprint density at radius 1 is 1.17 bits per heavy atom. The van der Waals surface area contributed by atoms with E-state index in [1.54, 1.807) is 11.0 Å². The van der Waals surface area contributed by atoms with Crippen molar-refractivity contribution in [1.82, 2.24) is 0 Å². The average molecular weight is 343 g/mol. The minimum absolute atomic E-state index is 0.438. The number of hydrogen-bond donors (Lipinski definition) is 1. The van der Waals surface area contributed by atoms with Crippen LogP contribution in [0.15, 0.2) is 36.4 Å². The zero-order valence-electron chi connectivity index (χ0n) is 13.7.